The lowest BCUT2D eigenvalue weighted by atomic mass is 9.79. The van der Waals surface area contributed by atoms with Crippen LogP contribution in [0.3, 0.4) is 0 Å². The lowest BCUT2D eigenvalue weighted by Gasteiger charge is -2.33. The SMILES string of the molecule is CN1CC[C@@H](C(N)=O)[C@]12C(=O)Nc1ccc(Br)cc12. The number of benzene rings is 1. The summed E-state index contributed by atoms with van der Waals surface area (Å²) in [4.78, 5) is 26.2. The molecule has 3 rings (SSSR count). The van der Waals surface area contributed by atoms with Gasteiger partial charge >= 0.3 is 0 Å². The molecule has 1 aromatic rings. The molecule has 2 aliphatic heterocycles. The monoisotopic (exact) mass is 323 g/mol. The molecule has 0 saturated carbocycles. The van der Waals surface area contributed by atoms with Crippen molar-refractivity contribution in [3.8, 4) is 0 Å². The van der Waals surface area contributed by atoms with Gasteiger partial charge in [-0.1, -0.05) is 15.9 Å². The van der Waals surface area contributed by atoms with E-state index in [-0.39, 0.29) is 5.91 Å². The van der Waals surface area contributed by atoms with Crippen molar-refractivity contribution in [3.63, 3.8) is 0 Å². The maximum atomic E-state index is 12.5. The number of carbonyl (C=O) groups is 2. The Bertz CT molecular complexity index is 589. The lowest BCUT2D eigenvalue weighted by Crippen LogP contribution is -2.52. The highest BCUT2D eigenvalue weighted by molar-refractivity contribution is 9.10. The Labute approximate surface area is 119 Å². The highest BCUT2D eigenvalue weighted by Gasteiger charge is 2.60. The van der Waals surface area contributed by atoms with Gasteiger partial charge in [-0.15, -0.1) is 0 Å². The zero-order chi connectivity index (χ0) is 13.8. The summed E-state index contributed by atoms with van der Waals surface area (Å²) in [7, 11) is 1.86. The van der Waals surface area contributed by atoms with Crippen LogP contribution in [0, 0.1) is 5.92 Å². The number of likely N-dealkylation sites (N-methyl/N-ethyl adjacent to an activating group) is 1. The van der Waals surface area contributed by atoms with Crippen LogP contribution in [0.25, 0.3) is 0 Å². The van der Waals surface area contributed by atoms with E-state index in [1.54, 1.807) is 0 Å². The number of nitrogens with zero attached hydrogens (tertiary/aromatic N) is 1. The normalized spacial score (nSPS) is 29.6. The molecular formula is C13H14BrN3O2. The van der Waals surface area contributed by atoms with Crippen molar-refractivity contribution < 1.29 is 9.59 Å². The van der Waals surface area contributed by atoms with Crippen LogP contribution in [-0.2, 0) is 15.1 Å². The van der Waals surface area contributed by atoms with Crippen LogP contribution in [0.15, 0.2) is 22.7 Å². The van der Waals surface area contributed by atoms with E-state index >= 15 is 0 Å². The molecule has 19 heavy (non-hydrogen) atoms. The number of hydrogen-bond donors (Lipinski definition) is 2. The molecule has 2 amide bonds. The number of rotatable bonds is 1. The molecule has 0 radical (unpaired) electrons. The average Bonchev–Trinajstić information content (AvgIpc) is 2.82. The summed E-state index contributed by atoms with van der Waals surface area (Å²) < 4.78 is 0.880. The quantitative estimate of drug-likeness (QED) is 0.810. The highest BCUT2D eigenvalue weighted by Crippen LogP contribution is 2.50. The van der Waals surface area contributed by atoms with Crippen molar-refractivity contribution in [2.24, 2.45) is 11.7 Å². The van der Waals surface area contributed by atoms with Gasteiger partial charge in [-0.25, -0.2) is 0 Å². The fourth-order valence-corrected chi connectivity index (χ4v) is 3.69. The van der Waals surface area contributed by atoms with Crippen LogP contribution in [0.5, 0.6) is 0 Å². The van der Waals surface area contributed by atoms with E-state index in [2.05, 4.69) is 21.2 Å². The standard InChI is InChI=1S/C13H14BrN3O2/c1-17-5-4-8(11(15)18)13(17)9-6-7(14)2-3-10(9)16-12(13)19/h2-3,6,8H,4-5H2,1H3,(H2,15,18)(H,16,19)/t8-,13-/m0/s1. The number of hydrogen-bond acceptors (Lipinski definition) is 3. The van der Waals surface area contributed by atoms with Gasteiger partial charge in [0.2, 0.25) is 11.8 Å². The Morgan fingerprint density at radius 3 is 3.00 bits per heavy atom. The molecule has 1 spiro atoms. The van der Waals surface area contributed by atoms with Crippen LogP contribution in [0.2, 0.25) is 0 Å². The summed E-state index contributed by atoms with van der Waals surface area (Å²) in [6.45, 7) is 0.674. The third-order valence-electron chi connectivity index (χ3n) is 4.19. The minimum absolute atomic E-state index is 0.163. The maximum absolute atomic E-state index is 12.5. The van der Waals surface area contributed by atoms with E-state index in [0.717, 1.165) is 15.7 Å². The Balaban J connectivity index is 2.26. The largest absolute Gasteiger partial charge is 0.369 e. The summed E-state index contributed by atoms with van der Waals surface area (Å²) in [6.07, 6.45) is 0.602. The molecule has 6 heteroatoms. The molecule has 100 valence electrons. The molecular weight excluding hydrogens is 310 g/mol. The molecule has 1 fully saturated rings. The van der Waals surface area contributed by atoms with Gasteiger partial charge in [-0.05, 0) is 31.7 Å². The Hall–Kier alpha value is -1.40. The van der Waals surface area contributed by atoms with Gasteiger partial charge in [0.15, 0.2) is 0 Å². The van der Waals surface area contributed by atoms with E-state index in [1.807, 2.05) is 30.1 Å². The topological polar surface area (TPSA) is 75.4 Å². The molecule has 1 aromatic carbocycles. The van der Waals surface area contributed by atoms with Crippen LogP contribution < -0.4 is 11.1 Å². The lowest BCUT2D eigenvalue weighted by molar-refractivity contribution is -0.135. The fourth-order valence-electron chi connectivity index (χ4n) is 3.33. The molecule has 3 N–H and O–H groups in total. The number of primary amides is 1. The Morgan fingerprint density at radius 2 is 2.32 bits per heavy atom. The van der Waals surface area contributed by atoms with Gasteiger partial charge in [0.05, 0.1) is 5.92 Å². The second kappa shape index (κ2) is 4.05. The van der Waals surface area contributed by atoms with Crippen molar-refractivity contribution in [2.45, 2.75) is 12.0 Å². The van der Waals surface area contributed by atoms with E-state index in [1.165, 1.54) is 0 Å². The predicted octanol–water partition coefficient (Wildman–Crippen LogP) is 1.03. The first-order chi connectivity index (χ1) is 8.97. The van der Waals surface area contributed by atoms with Gasteiger partial charge in [0, 0.05) is 22.3 Å². The molecule has 0 unspecified atom stereocenters. The molecule has 2 atom stereocenters. The fraction of sp³-hybridized carbons (Fsp3) is 0.385. The first-order valence-corrected chi connectivity index (χ1v) is 6.89. The van der Waals surface area contributed by atoms with Gasteiger partial charge < -0.3 is 11.1 Å². The summed E-state index contributed by atoms with van der Waals surface area (Å²) in [5, 5.41) is 2.86. The third kappa shape index (κ3) is 1.50. The Kier molecular flexibility index (Phi) is 2.69. The molecule has 2 aliphatic rings. The first kappa shape index (κ1) is 12.6. The van der Waals surface area contributed by atoms with Crippen LogP contribution in [0.4, 0.5) is 5.69 Å². The average molecular weight is 324 g/mol. The van der Waals surface area contributed by atoms with Gasteiger partial charge in [-0.3, -0.25) is 14.5 Å². The van der Waals surface area contributed by atoms with Crippen molar-refractivity contribution >= 4 is 33.4 Å². The summed E-state index contributed by atoms with van der Waals surface area (Å²) in [5.74, 6) is -1.08. The summed E-state index contributed by atoms with van der Waals surface area (Å²) in [6, 6.07) is 5.60. The molecule has 0 aliphatic carbocycles. The second-order valence-electron chi connectivity index (χ2n) is 5.08. The smallest absolute Gasteiger partial charge is 0.250 e. The van der Waals surface area contributed by atoms with Crippen molar-refractivity contribution in [1.82, 2.24) is 4.90 Å². The predicted molar refractivity (Wildman–Crippen MR) is 74.4 cm³/mol. The number of nitrogens with two attached hydrogens (primary N) is 1. The zero-order valence-corrected chi connectivity index (χ0v) is 12.0. The van der Waals surface area contributed by atoms with E-state index in [0.29, 0.717) is 13.0 Å². The molecule has 2 heterocycles. The van der Waals surface area contributed by atoms with Crippen LogP contribution in [-0.4, -0.2) is 30.3 Å². The Morgan fingerprint density at radius 1 is 1.58 bits per heavy atom. The van der Waals surface area contributed by atoms with Crippen molar-refractivity contribution in [1.29, 1.82) is 0 Å². The number of halogens is 1. The zero-order valence-electron chi connectivity index (χ0n) is 10.4. The van der Waals surface area contributed by atoms with Crippen LogP contribution >= 0.6 is 15.9 Å². The third-order valence-corrected chi connectivity index (χ3v) is 4.68. The molecule has 0 aromatic heterocycles. The minimum atomic E-state index is -0.953. The number of nitrogens with one attached hydrogen (secondary N) is 1. The second-order valence-corrected chi connectivity index (χ2v) is 5.99. The number of likely N-dealkylation sites (tertiary alicyclic amines) is 1. The number of amides is 2. The van der Waals surface area contributed by atoms with E-state index in [4.69, 9.17) is 5.73 Å². The number of fused-ring (bicyclic) bond motifs is 2. The van der Waals surface area contributed by atoms with Crippen molar-refractivity contribution in [2.75, 3.05) is 18.9 Å². The number of anilines is 1. The van der Waals surface area contributed by atoms with Gasteiger partial charge in [-0.2, -0.15) is 0 Å². The number of carbonyl (C=O) groups excluding carboxylic acids is 2. The molecule has 5 nitrogen and oxygen atoms in total. The van der Waals surface area contributed by atoms with Crippen LogP contribution in [0.1, 0.15) is 12.0 Å². The molecule has 0 bridgehead atoms. The maximum Gasteiger partial charge on any atom is 0.250 e. The van der Waals surface area contributed by atoms with E-state index in [9.17, 15) is 9.59 Å². The van der Waals surface area contributed by atoms with E-state index < -0.39 is 17.4 Å². The molecule has 1 saturated heterocycles. The van der Waals surface area contributed by atoms with Gasteiger partial charge in [0.1, 0.15) is 5.54 Å². The van der Waals surface area contributed by atoms with Crippen molar-refractivity contribution in [3.05, 3.63) is 28.2 Å². The highest BCUT2D eigenvalue weighted by atomic mass is 79.9. The minimum Gasteiger partial charge on any atom is -0.369 e. The van der Waals surface area contributed by atoms with Gasteiger partial charge in [0.25, 0.3) is 0 Å². The first-order valence-electron chi connectivity index (χ1n) is 6.10. The summed E-state index contributed by atoms with van der Waals surface area (Å²) >= 11 is 3.42. The summed E-state index contributed by atoms with van der Waals surface area (Å²) in [5.41, 5.74) is 6.15.